The predicted molar refractivity (Wildman–Crippen MR) is 71.4 cm³/mol. The molecular weight excluding hydrogens is 228 g/mol. The van der Waals surface area contributed by atoms with Gasteiger partial charge in [0.15, 0.2) is 0 Å². The van der Waals surface area contributed by atoms with Crippen LogP contribution in [0.5, 0.6) is 5.75 Å². The number of carbonyl (C=O) groups excluding carboxylic acids is 1. The Hall–Kier alpha value is -1.55. The summed E-state index contributed by atoms with van der Waals surface area (Å²) < 4.78 is 0. The first kappa shape index (κ1) is 12.9. The van der Waals surface area contributed by atoms with Crippen molar-refractivity contribution < 1.29 is 9.90 Å². The van der Waals surface area contributed by atoms with Gasteiger partial charge in [0.1, 0.15) is 5.75 Å². The molecule has 18 heavy (non-hydrogen) atoms. The summed E-state index contributed by atoms with van der Waals surface area (Å²) in [6.45, 7) is 3.73. The Morgan fingerprint density at radius 2 is 2.28 bits per heavy atom. The number of amides is 1. The number of aryl methyl sites for hydroxylation is 1. The zero-order chi connectivity index (χ0) is 13.3. The Morgan fingerprint density at radius 1 is 1.56 bits per heavy atom. The topological polar surface area (TPSA) is 75.4 Å². The third kappa shape index (κ3) is 2.20. The number of benzene rings is 1. The normalized spacial score (nSPS) is 27.2. The number of hydrogen-bond acceptors (Lipinski definition) is 3. The summed E-state index contributed by atoms with van der Waals surface area (Å²) in [5, 5.41) is 12.5. The molecule has 98 valence electrons. The number of nitrogens with one attached hydrogen (secondary N) is 1. The molecule has 2 rings (SSSR count). The fraction of sp³-hybridized carbons (Fsp3) is 0.500. The van der Waals surface area contributed by atoms with Gasteiger partial charge in [0.25, 0.3) is 0 Å². The van der Waals surface area contributed by atoms with Crippen LogP contribution in [0, 0.1) is 12.3 Å². The molecule has 1 aromatic rings. The van der Waals surface area contributed by atoms with Crippen molar-refractivity contribution in [2.75, 3.05) is 5.32 Å². The van der Waals surface area contributed by atoms with Crippen LogP contribution in [0.1, 0.15) is 31.7 Å². The molecule has 1 fully saturated rings. The van der Waals surface area contributed by atoms with Gasteiger partial charge in [-0.3, -0.25) is 4.79 Å². The van der Waals surface area contributed by atoms with Crippen molar-refractivity contribution in [3.63, 3.8) is 0 Å². The van der Waals surface area contributed by atoms with Gasteiger partial charge in [-0.25, -0.2) is 0 Å². The number of rotatable bonds is 2. The molecule has 4 heteroatoms. The van der Waals surface area contributed by atoms with Crippen molar-refractivity contribution >= 4 is 11.6 Å². The fourth-order valence-corrected chi connectivity index (χ4v) is 2.44. The van der Waals surface area contributed by atoms with Crippen LogP contribution < -0.4 is 11.1 Å². The largest absolute Gasteiger partial charge is 0.508 e. The highest BCUT2D eigenvalue weighted by Gasteiger charge is 2.42. The summed E-state index contributed by atoms with van der Waals surface area (Å²) in [7, 11) is 0. The number of carbonyl (C=O) groups is 1. The zero-order valence-electron chi connectivity index (χ0n) is 10.9. The molecule has 0 aromatic heterocycles. The van der Waals surface area contributed by atoms with Crippen molar-refractivity contribution in [1.82, 2.24) is 0 Å². The number of anilines is 1. The number of aromatic hydroxyl groups is 1. The molecule has 0 radical (unpaired) electrons. The lowest BCUT2D eigenvalue weighted by molar-refractivity contribution is -0.125. The average Bonchev–Trinajstić information content (AvgIpc) is 2.66. The van der Waals surface area contributed by atoms with Gasteiger partial charge in [-0.05, 0) is 38.3 Å². The van der Waals surface area contributed by atoms with E-state index < -0.39 is 5.41 Å². The molecule has 0 aliphatic heterocycles. The van der Waals surface area contributed by atoms with Gasteiger partial charge in [-0.15, -0.1) is 0 Å². The minimum atomic E-state index is -0.499. The summed E-state index contributed by atoms with van der Waals surface area (Å²) in [6.07, 6.45) is 2.70. The van der Waals surface area contributed by atoms with E-state index in [1.165, 1.54) is 0 Å². The monoisotopic (exact) mass is 248 g/mol. The van der Waals surface area contributed by atoms with E-state index >= 15 is 0 Å². The maximum Gasteiger partial charge on any atom is 0.231 e. The van der Waals surface area contributed by atoms with E-state index in [4.69, 9.17) is 5.73 Å². The lowest BCUT2D eigenvalue weighted by Gasteiger charge is -2.27. The van der Waals surface area contributed by atoms with E-state index in [2.05, 4.69) is 5.32 Å². The molecule has 1 amide bonds. The number of phenols is 1. The highest BCUT2D eigenvalue weighted by atomic mass is 16.3. The summed E-state index contributed by atoms with van der Waals surface area (Å²) in [6, 6.07) is 5.05. The Balaban J connectivity index is 2.14. The third-order valence-electron chi connectivity index (χ3n) is 4.02. The van der Waals surface area contributed by atoms with Crippen molar-refractivity contribution in [3.05, 3.63) is 23.8 Å². The van der Waals surface area contributed by atoms with E-state index in [1.54, 1.807) is 18.2 Å². The maximum absolute atomic E-state index is 12.3. The second-order valence-electron chi connectivity index (χ2n) is 5.37. The van der Waals surface area contributed by atoms with Gasteiger partial charge in [0.2, 0.25) is 5.91 Å². The fourth-order valence-electron chi connectivity index (χ4n) is 2.44. The molecule has 2 unspecified atom stereocenters. The first-order valence-electron chi connectivity index (χ1n) is 6.30. The average molecular weight is 248 g/mol. The molecule has 1 aliphatic carbocycles. The number of phenolic OH excluding ortho intramolecular Hbond substituents is 1. The van der Waals surface area contributed by atoms with Crippen molar-refractivity contribution in [2.24, 2.45) is 11.1 Å². The van der Waals surface area contributed by atoms with Crippen LogP contribution in [0.2, 0.25) is 0 Å². The molecule has 4 N–H and O–H groups in total. The lowest BCUT2D eigenvalue weighted by atomic mass is 9.84. The van der Waals surface area contributed by atoms with Gasteiger partial charge in [0, 0.05) is 17.8 Å². The SMILES string of the molecule is Cc1ccc(NC(=O)C2(C)CCCC2N)cc1O. The zero-order valence-corrected chi connectivity index (χ0v) is 10.9. The minimum Gasteiger partial charge on any atom is -0.508 e. The van der Waals surface area contributed by atoms with Crippen molar-refractivity contribution in [3.8, 4) is 5.75 Å². The van der Waals surface area contributed by atoms with Crippen LogP contribution in [0.15, 0.2) is 18.2 Å². The Kier molecular flexibility index (Phi) is 3.30. The van der Waals surface area contributed by atoms with Crippen LogP contribution in [-0.2, 0) is 4.79 Å². The van der Waals surface area contributed by atoms with Crippen molar-refractivity contribution in [1.29, 1.82) is 0 Å². The van der Waals surface area contributed by atoms with Crippen LogP contribution in [0.25, 0.3) is 0 Å². The Bertz CT molecular complexity index is 473. The smallest absolute Gasteiger partial charge is 0.231 e. The van der Waals surface area contributed by atoms with Gasteiger partial charge in [-0.1, -0.05) is 12.5 Å². The van der Waals surface area contributed by atoms with Gasteiger partial charge < -0.3 is 16.2 Å². The molecule has 0 spiro atoms. The molecule has 0 heterocycles. The van der Waals surface area contributed by atoms with Crippen molar-refractivity contribution in [2.45, 2.75) is 39.2 Å². The highest BCUT2D eigenvalue weighted by molar-refractivity contribution is 5.96. The molecule has 1 aromatic carbocycles. The highest BCUT2D eigenvalue weighted by Crippen LogP contribution is 2.37. The van der Waals surface area contributed by atoms with E-state index in [9.17, 15) is 9.90 Å². The molecule has 2 atom stereocenters. The predicted octanol–water partition coefficient (Wildman–Crippen LogP) is 2.16. The quantitative estimate of drug-likeness (QED) is 0.750. The van der Waals surface area contributed by atoms with E-state index in [-0.39, 0.29) is 17.7 Å². The standard InChI is InChI=1S/C14H20N2O2/c1-9-5-6-10(8-11(9)17)16-13(18)14(2)7-3-4-12(14)15/h5-6,8,12,17H,3-4,7,15H2,1-2H3,(H,16,18). The maximum atomic E-state index is 12.3. The molecule has 0 saturated heterocycles. The van der Waals surface area contributed by atoms with Crippen LogP contribution in [-0.4, -0.2) is 17.1 Å². The first-order chi connectivity index (χ1) is 8.43. The second-order valence-corrected chi connectivity index (χ2v) is 5.37. The van der Waals surface area contributed by atoms with Crippen LogP contribution in [0.4, 0.5) is 5.69 Å². The van der Waals surface area contributed by atoms with Gasteiger partial charge in [0.05, 0.1) is 5.41 Å². The minimum absolute atomic E-state index is 0.0595. The molecular formula is C14H20N2O2. The Morgan fingerprint density at radius 3 is 2.83 bits per heavy atom. The van der Waals surface area contributed by atoms with E-state index in [0.29, 0.717) is 5.69 Å². The first-order valence-corrected chi connectivity index (χ1v) is 6.30. The Labute approximate surface area is 107 Å². The van der Waals surface area contributed by atoms with Crippen LogP contribution in [0.3, 0.4) is 0 Å². The molecule has 1 saturated carbocycles. The van der Waals surface area contributed by atoms with Gasteiger partial charge >= 0.3 is 0 Å². The summed E-state index contributed by atoms with van der Waals surface area (Å²) in [4.78, 5) is 12.3. The summed E-state index contributed by atoms with van der Waals surface area (Å²) >= 11 is 0. The number of hydrogen-bond donors (Lipinski definition) is 3. The van der Waals surface area contributed by atoms with Crippen LogP contribution >= 0.6 is 0 Å². The molecule has 1 aliphatic rings. The summed E-state index contributed by atoms with van der Waals surface area (Å²) in [5.74, 6) is 0.129. The van der Waals surface area contributed by atoms with E-state index in [1.807, 2.05) is 13.8 Å². The molecule has 0 bridgehead atoms. The summed E-state index contributed by atoms with van der Waals surface area (Å²) in [5.41, 5.74) is 6.92. The third-order valence-corrected chi connectivity index (χ3v) is 4.02. The van der Waals surface area contributed by atoms with E-state index in [0.717, 1.165) is 24.8 Å². The number of nitrogens with two attached hydrogens (primary N) is 1. The van der Waals surface area contributed by atoms with Gasteiger partial charge in [-0.2, -0.15) is 0 Å². The second kappa shape index (κ2) is 4.61. The lowest BCUT2D eigenvalue weighted by Crippen LogP contribution is -2.44. The molecule has 4 nitrogen and oxygen atoms in total.